The van der Waals surface area contributed by atoms with Gasteiger partial charge < -0.3 is 14.7 Å². The second-order valence-corrected chi connectivity index (χ2v) is 5.14. The zero-order valence-corrected chi connectivity index (χ0v) is 11.8. The molecule has 0 radical (unpaired) electrons. The fraction of sp³-hybridized carbons (Fsp3) is 0.273. The molecule has 1 atom stereocenters. The Labute approximate surface area is 117 Å². The number of hydrogen-bond acceptors (Lipinski definition) is 6. The smallest absolute Gasteiger partial charge is 0.469 e. The van der Waals surface area contributed by atoms with Crippen molar-refractivity contribution in [2.75, 3.05) is 0 Å². The van der Waals surface area contributed by atoms with Gasteiger partial charge in [0.25, 0.3) is 5.82 Å². The third-order valence-electron chi connectivity index (χ3n) is 2.77. The van der Waals surface area contributed by atoms with Crippen LogP contribution in [0.3, 0.4) is 0 Å². The summed E-state index contributed by atoms with van der Waals surface area (Å²) in [5, 5.41) is 14.5. The predicted octanol–water partition coefficient (Wildman–Crippen LogP) is 1.42. The van der Waals surface area contributed by atoms with Gasteiger partial charge in [0.15, 0.2) is 0 Å². The summed E-state index contributed by atoms with van der Waals surface area (Å²) in [6.45, 7) is 5.55. The molecule has 0 fully saturated rings. The average Bonchev–Trinajstić information content (AvgIpc) is 2.72. The van der Waals surface area contributed by atoms with Crippen LogP contribution in [-0.4, -0.2) is 27.9 Å². The van der Waals surface area contributed by atoms with Gasteiger partial charge >= 0.3 is 5.95 Å². The Morgan fingerprint density at radius 3 is 2.20 bits per heavy atom. The average molecular weight is 295 g/mol. The zero-order chi connectivity index (χ0) is 15.0. The van der Waals surface area contributed by atoms with E-state index < -0.39 is 22.1 Å². The van der Waals surface area contributed by atoms with Crippen molar-refractivity contribution in [3.05, 3.63) is 38.9 Å². The Bertz CT molecular complexity index is 671. The SMILES string of the molecule is Cc1cc(C)c(-c2nc([N+](=O)[O-])n(S(=O)[O-])n2)c(C)c1. The van der Waals surface area contributed by atoms with Crippen LogP contribution in [0.5, 0.6) is 0 Å². The second-order valence-electron chi connectivity index (χ2n) is 4.36. The molecule has 2 rings (SSSR count). The Morgan fingerprint density at radius 2 is 1.80 bits per heavy atom. The highest BCUT2D eigenvalue weighted by atomic mass is 32.2. The number of aromatic nitrogens is 3. The summed E-state index contributed by atoms with van der Waals surface area (Å²) in [7, 11) is 0. The van der Waals surface area contributed by atoms with Crippen molar-refractivity contribution >= 4 is 17.2 Å². The third-order valence-corrected chi connectivity index (χ3v) is 3.30. The third kappa shape index (κ3) is 2.45. The van der Waals surface area contributed by atoms with Gasteiger partial charge in [0.1, 0.15) is 11.3 Å². The summed E-state index contributed by atoms with van der Waals surface area (Å²) in [6.07, 6.45) is 0. The molecular weight excluding hydrogens is 284 g/mol. The monoisotopic (exact) mass is 295 g/mol. The van der Waals surface area contributed by atoms with Gasteiger partial charge in [-0.05, 0) is 41.8 Å². The second kappa shape index (κ2) is 5.10. The van der Waals surface area contributed by atoms with Gasteiger partial charge in [0.05, 0.1) is 0 Å². The maximum atomic E-state index is 11.0. The maximum absolute atomic E-state index is 11.0. The van der Waals surface area contributed by atoms with Gasteiger partial charge in [-0.15, -0.1) is 0 Å². The van der Waals surface area contributed by atoms with E-state index in [2.05, 4.69) is 10.1 Å². The van der Waals surface area contributed by atoms with E-state index in [0.29, 0.717) is 5.56 Å². The summed E-state index contributed by atoms with van der Waals surface area (Å²) in [4.78, 5) is 13.6. The summed E-state index contributed by atoms with van der Waals surface area (Å²) in [6, 6.07) is 3.76. The molecule has 0 saturated heterocycles. The fourth-order valence-corrected chi connectivity index (χ4v) is 2.52. The number of benzene rings is 1. The molecule has 1 aromatic carbocycles. The van der Waals surface area contributed by atoms with Crippen LogP contribution < -0.4 is 0 Å². The molecule has 0 N–H and O–H groups in total. The standard InChI is InChI=1S/C11H12N4O4S/c1-6-4-7(2)9(8(3)5-6)10-12-11(15(16)17)14(13-10)20(18)19/h4-5H,1-3H3,(H,18,19)/p-1. The zero-order valence-electron chi connectivity index (χ0n) is 11.0. The number of rotatable bonds is 3. The lowest BCUT2D eigenvalue weighted by atomic mass is 9.99. The van der Waals surface area contributed by atoms with Crippen molar-refractivity contribution in [1.82, 2.24) is 14.2 Å². The van der Waals surface area contributed by atoms with Gasteiger partial charge in [-0.25, -0.2) is 4.21 Å². The molecule has 0 spiro atoms. The summed E-state index contributed by atoms with van der Waals surface area (Å²) < 4.78 is 22.2. The summed E-state index contributed by atoms with van der Waals surface area (Å²) >= 11 is -2.88. The van der Waals surface area contributed by atoms with Crippen LogP contribution in [0.2, 0.25) is 0 Å². The molecule has 8 nitrogen and oxygen atoms in total. The van der Waals surface area contributed by atoms with Crippen LogP contribution in [0.4, 0.5) is 5.95 Å². The highest BCUT2D eigenvalue weighted by Gasteiger charge is 2.25. The minimum Gasteiger partial charge on any atom is -0.741 e. The minimum absolute atomic E-state index is 0.0240. The molecule has 1 heterocycles. The van der Waals surface area contributed by atoms with E-state index in [1.54, 1.807) is 0 Å². The normalized spacial score (nSPS) is 12.4. The Morgan fingerprint density at radius 1 is 1.25 bits per heavy atom. The molecule has 9 heteroatoms. The summed E-state index contributed by atoms with van der Waals surface area (Å²) in [5.41, 5.74) is 3.28. The maximum Gasteiger partial charge on any atom is 0.469 e. The van der Waals surface area contributed by atoms with Gasteiger partial charge in [-0.2, -0.15) is 0 Å². The molecule has 0 amide bonds. The van der Waals surface area contributed by atoms with E-state index >= 15 is 0 Å². The predicted molar refractivity (Wildman–Crippen MR) is 70.6 cm³/mol. The van der Waals surface area contributed by atoms with E-state index in [9.17, 15) is 18.9 Å². The molecule has 106 valence electrons. The van der Waals surface area contributed by atoms with Gasteiger partial charge in [0, 0.05) is 5.56 Å². The molecule has 0 aliphatic carbocycles. The highest BCUT2D eigenvalue weighted by molar-refractivity contribution is 7.77. The Balaban J connectivity index is 2.69. The quantitative estimate of drug-likeness (QED) is 0.480. The van der Waals surface area contributed by atoms with E-state index in [-0.39, 0.29) is 9.91 Å². The van der Waals surface area contributed by atoms with Crippen LogP contribution >= 0.6 is 0 Å². The molecule has 0 bridgehead atoms. The number of aryl methyl sites for hydroxylation is 3. The number of nitrogens with zero attached hydrogens (tertiary/aromatic N) is 4. The van der Waals surface area contributed by atoms with Gasteiger partial charge in [-0.3, -0.25) is 0 Å². The van der Waals surface area contributed by atoms with Crippen LogP contribution in [0.15, 0.2) is 12.1 Å². The first-order valence-corrected chi connectivity index (χ1v) is 6.64. The van der Waals surface area contributed by atoms with Crippen molar-refractivity contribution in [1.29, 1.82) is 0 Å². The lowest BCUT2D eigenvalue weighted by Gasteiger charge is -2.05. The van der Waals surface area contributed by atoms with Gasteiger partial charge in [0.2, 0.25) is 0 Å². The van der Waals surface area contributed by atoms with Crippen molar-refractivity contribution in [2.24, 2.45) is 0 Å². The largest absolute Gasteiger partial charge is 0.741 e. The first-order valence-electron chi connectivity index (χ1n) is 5.60. The van der Waals surface area contributed by atoms with E-state index in [4.69, 9.17) is 0 Å². The van der Waals surface area contributed by atoms with Gasteiger partial charge in [-0.1, -0.05) is 26.9 Å². The first kappa shape index (κ1) is 14.3. The first-order chi connectivity index (χ1) is 9.31. The molecule has 0 saturated carbocycles. The Hall–Kier alpha value is -2.13. The van der Waals surface area contributed by atoms with Crippen LogP contribution in [0.1, 0.15) is 16.7 Å². The molecule has 2 aromatic rings. The van der Waals surface area contributed by atoms with Crippen LogP contribution in [0, 0.1) is 30.9 Å². The molecular formula is C11H11N4O4S-. The van der Waals surface area contributed by atoms with Crippen molar-refractivity contribution in [2.45, 2.75) is 20.8 Å². The number of hydrogen-bond donors (Lipinski definition) is 0. The topological polar surface area (TPSA) is 114 Å². The van der Waals surface area contributed by atoms with Crippen LogP contribution in [-0.2, 0) is 11.3 Å². The van der Waals surface area contributed by atoms with E-state index in [1.807, 2.05) is 32.9 Å². The number of nitro groups is 1. The fourth-order valence-electron chi connectivity index (χ4n) is 2.14. The molecule has 20 heavy (non-hydrogen) atoms. The molecule has 0 aliphatic rings. The molecule has 1 unspecified atom stereocenters. The Kier molecular flexibility index (Phi) is 3.64. The molecule has 0 aliphatic heterocycles. The minimum atomic E-state index is -2.88. The van der Waals surface area contributed by atoms with Crippen molar-refractivity contribution < 1.29 is 13.7 Å². The molecule has 1 aromatic heterocycles. The highest BCUT2D eigenvalue weighted by Crippen LogP contribution is 2.27. The van der Waals surface area contributed by atoms with E-state index in [0.717, 1.165) is 16.7 Å². The van der Waals surface area contributed by atoms with Crippen molar-refractivity contribution in [3.8, 4) is 11.4 Å². The summed E-state index contributed by atoms with van der Waals surface area (Å²) in [5.74, 6) is -0.802. The lowest BCUT2D eigenvalue weighted by Crippen LogP contribution is -2.09. The lowest BCUT2D eigenvalue weighted by molar-refractivity contribution is -0.395. The van der Waals surface area contributed by atoms with E-state index in [1.165, 1.54) is 0 Å². The van der Waals surface area contributed by atoms with Crippen LogP contribution in [0.25, 0.3) is 11.4 Å². The van der Waals surface area contributed by atoms with Crippen molar-refractivity contribution in [3.63, 3.8) is 0 Å².